The van der Waals surface area contributed by atoms with Crippen molar-refractivity contribution in [3.05, 3.63) is 28.3 Å². The van der Waals surface area contributed by atoms with Crippen LogP contribution in [0.5, 0.6) is 0 Å². The molecule has 0 aliphatic carbocycles. The maximum atomic E-state index is 4.99. The molecule has 0 radical (unpaired) electrons. The monoisotopic (exact) mass is 446 g/mol. The van der Waals surface area contributed by atoms with Gasteiger partial charge in [0.05, 0.1) is 16.7 Å². The second-order valence-corrected chi connectivity index (χ2v) is 8.37. The van der Waals surface area contributed by atoms with Crippen molar-refractivity contribution in [1.82, 2.24) is 4.40 Å². The standard InChI is InChI=1S/C18H28BrN4S.ClH/c1-11(2)20-15-16-14(19)9-8-10-22(16)18(24-7)23(13(5)6)17(15)21-12(3)4;/h8-13,20H,1-7H3;1H/q+1;/p-1. The molecule has 0 unspecified atom stereocenters. The molecule has 0 amide bonds. The first-order chi connectivity index (χ1) is 11.3. The van der Waals surface area contributed by atoms with Crippen LogP contribution < -0.4 is 27.8 Å². The Morgan fingerprint density at radius 2 is 1.84 bits per heavy atom. The molecular formula is C18H28BrClN4S. The molecule has 4 nitrogen and oxygen atoms in total. The third kappa shape index (κ3) is 4.72. The molecule has 0 saturated heterocycles. The summed E-state index contributed by atoms with van der Waals surface area (Å²) in [5.41, 5.74) is 3.23. The predicted molar refractivity (Wildman–Crippen MR) is 107 cm³/mol. The van der Waals surface area contributed by atoms with Crippen LogP contribution in [0.15, 0.2) is 33.0 Å². The van der Waals surface area contributed by atoms with Gasteiger partial charge in [-0.25, -0.2) is 8.97 Å². The second kappa shape index (κ2) is 9.28. The van der Waals surface area contributed by atoms with Crippen molar-refractivity contribution in [1.29, 1.82) is 0 Å². The SMILES string of the molecule is CSc1n2cccc(Br)c2c(NC(C)C)c(=NC(C)C)[n+]1C(C)C.[Cl-]. The fraction of sp³-hybridized carbons (Fsp3) is 0.556. The van der Waals surface area contributed by atoms with Gasteiger partial charge in [0.1, 0.15) is 11.6 Å². The highest BCUT2D eigenvalue weighted by Gasteiger charge is 2.25. The van der Waals surface area contributed by atoms with Crippen molar-refractivity contribution in [2.24, 2.45) is 4.99 Å². The molecule has 2 aromatic heterocycles. The average molecular weight is 448 g/mol. The average Bonchev–Trinajstić information content (AvgIpc) is 2.47. The van der Waals surface area contributed by atoms with Gasteiger partial charge in [-0.1, -0.05) is 11.8 Å². The lowest BCUT2D eigenvalue weighted by molar-refractivity contribution is -0.769. The van der Waals surface area contributed by atoms with E-state index in [1.165, 1.54) is 5.16 Å². The van der Waals surface area contributed by atoms with Gasteiger partial charge in [-0.3, -0.25) is 0 Å². The van der Waals surface area contributed by atoms with Gasteiger partial charge in [0.15, 0.2) is 5.69 Å². The fourth-order valence-electron chi connectivity index (χ4n) is 2.77. The number of rotatable bonds is 5. The molecule has 0 saturated carbocycles. The first-order valence-corrected chi connectivity index (χ1v) is 10.4. The van der Waals surface area contributed by atoms with Gasteiger partial charge in [0.25, 0.3) is 10.6 Å². The summed E-state index contributed by atoms with van der Waals surface area (Å²) in [6.45, 7) is 13.0. The van der Waals surface area contributed by atoms with Crippen LogP contribution in [0.4, 0.5) is 5.69 Å². The van der Waals surface area contributed by atoms with E-state index in [0.717, 1.165) is 21.2 Å². The summed E-state index contributed by atoms with van der Waals surface area (Å²) in [7, 11) is 0. The van der Waals surface area contributed by atoms with Crippen molar-refractivity contribution in [2.75, 3.05) is 11.6 Å². The molecule has 2 aromatic rings. The van der Waals surface area contributed by atoms with Crippen LogP contribution in [0.25, 0.3) is 5.52 Å². The summed E-state index contributed by atoms with van der Waals surface area (Å²) < 4.78 is 5.65. The normalized spacial score (nSPS) is 12.4. The van der Waals surface area contributed by atoms with Gasteiger partial charge >= 0.3 is 0 Å². The summed E-state index contributed by atoms with van der Waals surface area (Å²) in [4.78, 5) is 4.99. The molecule has 25 heavy (non-hydrogen) atoms. The zero-order valence-electron chi connectivity index (χ0n) is 16.0. The fourth-order valence-corrected chi connectivity index (χ4v) is 4.15. The molecule has 2 rings (SSSR count). The lowest BCUT2D eigenvalue weighted by Gasteiger charge is -2.19. The second-order valence-electron chi connectivity index (χ2n) is 6.75. The third-order valence-electron chi connectivity index (χ3n) is 3.56. The van der Waals surface area contributed by atoms with E-state index in [4.69, 9.17) is 4.99 Å². The molecule has 0 atom stereocenters. The predicted octanol–water partition coefficient (Wildman–Crippen LogP) is 1.43. The highest BCUT2D eigenvalue weighted by atomic mass is 79.9. The summed E-state index contributed by atoms with van der Waals surface area (Å²) >= 11 is 5.49. The topological polar surface area (TPSA) is 32.7 Å². The Balaban J connectivity index is 0.00000312. The Morgan fingerprint density at radius 1 is 1.20 bits per heavy atom. The number of fused-ring (bicyclic) bond motifs is 1. The Kier molecular flexibility index (Phi) is 8.29. The lowest BCUT2D eigenvalue weighted by atomic mass is 10.2. The minimum absolute atomic E-state index is 0. The van der Waals surface area contributed by atoms with Gasteiger partial charge in [-0.2, -0.15) is 0 Å². The van der Waals surface area contributed by atoms with E-state index in [0.29, 0.717) is 12.1 Å². The largest absolute Gasteiger partial charge is 1.00 e. The molecule has 140 valence electrons. The van der Waals surface area contributed by atoms with Crippen molar-refractivity contribution in [2.45, 2.75) is 64.8 Å². The van der Waals surface area contributed by atoms with Crippen LogP contribution in [0, 0.1) is 0 Å². The summed E-state index contributed by atoms with van der Waals surface area (Å²) in [5, 5.41) is 4.81. The smallest absolute Gasteiger partial charge is 0.285 e. The van der Waals surface area contributed by atoms with Gasteiger partial charge < -0.3 is 17.7 Å². The van der Waals surface area contributed by atoms with Crippen molar-refractivity contribution in [3.8, 4) is 0 Å². The summed E-state index contributed by atoms with van der Waals surface area (Å²) in [6.07, 6.45) is 4.24. The Labute approximate surface area is 169 Å². The quantitative estimate of drug-likeness (QED) is 0.427. The molecule has 0 fully saturated rings. The highest BCUT2D eigenvalue weighted by Crippen LogP contribution is 2.26. The molecule has 0 aliphatic heterocycles. The number of nitrogens with zero attached hydrogens (tertiary/aromatic N) is 3. The van der Waals surface area contributed by atoms with E-state index < -0.39 is 0 Å². The van der Waals surface area contributed by atoms with Crippen LogP contribution in [-0.4, -0.2) is 22.7 Å². The first-order valence-electron chi connectivity index (χ1n) is 8.40. The number of hydrogen-bond acceptors (Lipinski definition) is 3. The van der Waals surface area contributed by atoms with Gasteiger partial charge in [0.2, 0.25) is 0 Å². The minimum Gasteiger partial charge on any atom is -1.00 e. The molecule has 0 aromatic carbocycles. The molecule has 0 spiro atoms. The summed E-state index contributed by atoms with van der Waals surface area (Å²) in [6, 6.07) is 5.02. The highest BCUT2D eigenvalue weighted by molar-refractivity contribution is 9.10. The third-order valence-corrected chi connectivity index (χ3v) is 4.96. The van der Waals surface area contributed by atoms with Gasteiger partial charge in [-0.05, 0) is 75.9 Å². The Bertz CT molecular complexity index is 800. The van der Waals surface area contributed by atoms with Crippen LogP contribution in [0.1, 0.15) is 47.6 Å². The van der Waals surface area contributed by atoms with Crippen LogP contribution in [-0.2, 0) is 0 Å². The summed E-state index contributed by atoms with van der Waals surface area (Å²) in [5.74, 6) is 0. The van der Waals surface area contributed by atoms with Crippen LogP contribution in [0.3, 0.4) is 0 Å². The van der Waals surface area contributed by atoms with E-state index in [9.17, 15) is 0 Å². The van der Waals surface area contributed by atoms with E-state index >= 15 is 0 Å². The number of nitrogens with one attached hydrogen (secondary N) is 1. The van der Waals surface area contributed by atoms with Gasteiger partial charge in [-0.15, -0.1) is 4.99 Å². The van der Waals surface area contributed by atoms with Crippen molar-refractivity contribution >= 4 is 38.9 Å². The molecule has 2 heterocycles. The van der Waals surface area contributed by atoms with Crippen LogP contribution >= 0.6 is 27.7 Å². The number of anilines is 1. The molecule has 0 aliphatic rings. The van der Waals surface area contributed by atoms with Crippen molar-refractivity contribution in [3.63, 3.8) is 0 Å². The van der Waals surface area contributed by atoms with E-state index in [-0.39, 0.29) is 18.4 Å². The number of thioether (sulfide) groups is 1. The number of pyridine rings is 1. The number of aromatic nitrogens is 2. The molecule has 1 N–H and O–H groups in total. The maximum Gasteiger partial charge on any atom is 0.285 e. The van der Waals surface area contributed by atoms with E-state index in [1.807, 2.05) is 0 Å². The Morgan fingerprint density at radius 3 is 2.32 bits per heavy atom. The molecule has 0 bridgehead atoms. The first kappa shape index (κ1) is 22.3. The zero-order valence-corrected chi connectivity index (χ0v) is 19.1. The van der Waals surface area contributed by atoms with Gasteiger partial charge in [0, 0.05) is 6.04 Å². The molecule has 7 heteroatoms. The van der Waals surface area contributed by atoms with Crippen molar-refractivity contribution < 1.29 is 17.0 Å². The van der Waals surface area contributed by atoms with E-state index in [2.05, 4.69) is 96.3 Å². The maximum absolute atomic E-state index is 4.99. The minimum atomic E-state index is 0. The Hall–Kier alpha value is -0.720. The zero-order chi connectivity index (χ0) is 18.0. The lowest BCUT2D eigenvalue weighted by Crippen LogP contribution is -3.00. The van der Waals surface area contributed by atoms with E-state index in [1.54, 1.807) is 11.8 Å². The number of hydrogen-bond donors (Lipinski definition) is 1. The number of halogens is 2. The van der Waals surface area contributed by atoms with Crippen LogP contribution in [0.2, 0.25) is 0 Å². The molecular weight excluding hydrogens is 420 g/mol.